The van der Waals surface area contributed by atoms with Crippen LogP contribution in [0.2, 0.25) is 0 Å². The van der Waals surface area contributed by atoms with Gasteiger partial charge in [0, 0.05) is 0 Å². The van der Waals surface area contributed by atoms with E-state index in [1.807, 2.05) is 0 Å². The van der Waals surface area contributed by atoms with Crippen LogP contribution in [-0.2, 0) is 6.18 Å². The summed E-state index contributed by atoms with van der Waals surface area (Å²) in [7, 11) is 0. The second-order valence-electron chi connectivity index (χ2n) is 2.33. The zero-order chi connectivity index (χ0) is 10.9. The van der Waals surface area contributed by atoms with Crippen molar-refractivity contribution in [3.05, 3.63) is 27.1 Å². The first-order chi connectivity index (χ1) is 6.32. The molecule has 1 aromatic heterocycles. The van der Waals surface area contributed by atoms with Crippen LogP contribution in [0.4, 0.5) is 13.2 Å². The molecule has 0 amide bonds. The summed E-state index contributed by atoms with van der Waals surface area (Å²) in [5.41, 5.74) is -2.20. The molecule has 76 valence electrons. The zero-order valence-corrected chi connectivity index (χ0v) is 8.63. The van der Waals surface area contributed by atoms with E-state index < -0.39 is 23.4 Å². The number of aromatic nitrogens is 1. The van der Waals surface area contributed by atoms with E-state index in [1.165, 1.54) is 0 Å². The quantitative estimate of drug-likeness (QED) is 0.639. The van der Waals surface area contributed by atoms with Crippen molar-refractivity contribution in [3.8, 4) is 0 Å². The number of hydrogen-bond acceptors (Lipinski definition) is 2. The largest absolute Gasteiger partial charge is 0.476 e. The second kappa shape index (κ2) is 3.71. The number of alkyl halides is 3. The molecule has 0 spiro atoms. The number of nitrogens with zero attached hydrogens (tertiary/aromatic N) is 1. The lowest BCUT2D eigenvalue weighted by Crippen LogP contribution is -2.15. The summed E-state index contributed by atoms with van der Waals surface area (Å²) in [4.78, 5) is 13.8. The van der Waals surface area contributed by atoms with Crippen LogP contribution >= 0.6 is 22.6 Å². The Balaban J connectivity index is 3.37. The van der Waals surface area contributed by atoms with Crippen molar-refractivity contribution in [2.24, 2.45) is 0 Å². The molecule has 1 rings (SSSR count). The van der Waals surface area contributed by atoms with Gasteiger partial charge >= 0.3 is 12.1 Å². The maximum Gasteiger partial charge on any atom is 0.418 e. The molecular weight excluding hydrogens is 314 g/mol. The van der Waals surface area contributed by atoms with Crippen LogP contribution in [0.5, 0.6) is 0 Å². The normalized spacial score (nSPS) is 11.4. The fourth-order valence-electron chi connectivity index (χ4n) is 0.827. The van der Waals surface area contributed by atoms with Crippen LogP contribution in [0.3, 0.4) is 0 Å². The molecule has 0 aromatic carbocycles. The van der Waals surface area contributed by atoms with Gasteiger partial charge in [0.05, 0.1) is 5.56 Å². The van der Waals surface area contributed by atoms with E-state index in [4.69, 9.17) is 5.11 Å². The van der Waals surface area contributed by atoms with Crippen LogP contribution in [-0.4, -0.2) is 16.1 Å². The van der Waals surface area contributed by atoms with Crippen molar-refractivity contribution in [2.45, 2.75) is 6.18 Å². The van der Waals surface area contributed by atoms with Crippen molar-refractivity contribution in [1.29, 1.82) is 0 Å². The highest BCUT2D eigenvalue weighted by atomic mass is 127. The fraction of sp³-hybridized carbons (Fsp3) is 0.143. The third-order valence-corrected chi connectivity index (χ3v) is 1.97. The van der Waals surface area contributed by atoms with E-state index in [9.17, 15) is 18.0 Å². The minimum absolute atomic E-state index is 0.202. The number of pyridine rings is 1. The number of carbonyl (C=O) groups is 1. The molecule has 1 heterocycles. The molecule has 1 N–H and O–H groups in total. The Morgan fingerprint density at radius 1 is 1.43 bits per heavy atom. The number of halogens is 4. The molecule has 0 aliphatic rings. The molecule has 0 atom stereocenters. The lowest BCUT2D eigenvalue weighted by Gasteiger charge is -2.08. The van der Waals surface area contributed by atoms with E-state index in [0.29, 0.717) is 6.07 Å². The van der Waals surface area contributed by atoms with E-state index in [0.717, 1.165) is 6.07 Å². The van der Waals surface area contributed by atoms with Gasteiger partial charge in [0.25, 0.3) is 0 Å². The number of aromatic carboxylic acids is 1. The van der Waals surface area contributed by atoms with E-state index in [-0.39, 0.29) is 3.70 Å². The lowest BCUT2D eigenvalue weighted by molar-refractivity contribution is -0.138. The predicted molar refractivity (Wildman–Crippen MR) is 48.9 cm³/mol. The van der Waals surface area contributed by atoms with Crippen molar-refractivity contribution < 1.29 is 23.1 Å². The Labute approximate surface area is 90.1 Å². The van der Waals surface area contributed by atoms with Crippen LogP contribution < -0.4 is 0 Å². The van der Waals surface area contributed by atoms with E-state index >= 15 is 0 Å². The van der Waals surface area contributed by atoms with Crippen molar-refractivity contribution in [1.82, 2.24) is 4.98 Å². The summed E-state index contributed by atoms with van der Waals surface area (Å²) < 4.78 is 36.9. The monoisotopic (exact) mass is 317 g/mol. The third kappa shape index (κ3) is 2.34. The Morgan fingerprint density at radius 3 is 2.43 bits per heavy atom. The standard InChI is InChI=1S/C7H3F3INO2/c8-7(9,10)3-1-2-4(11)12-5(3)6(13)14/h1-2H,(H,13,14). The first-order valence-corrected chi connectivity index (χ1v) is 4.37. The van der Waals surface area contributed by atoms with E-state index in [2.05, 4.69) is 4.98 Å². The Kier molecular flexibility index (Phi) is 2.98. The molecule has 0 aliphatic heterocycles. The molecular formula is C7H3F3INO2. The van der Waals surface area contributed by atoms with Gasteiger partial charge in [-0.05, 0) is 34.7 Å². The number of carboxylic acid groups (broad SMARTS) is 1. The lowest BCUT2D eigenvalue weighted by atomic mass is 10.2. The van der Waals surface area contributed by atoms with Crippen LogP contribution in [0.15, 0.2) is 12.1 Å². The van der Waals surface area contributed by atoms with Gasteiger partial charge in [0.1, 0.15) is 3.70 Å². The summed E-state index contributed by atoms with van der Waals surface area (Å²) in [6, 6.07) is 1.81. The van der Waals surface area contributed by atoms with Gasteiger partial charge < -0.3 is 5.11 Å². The molecule has 0 unspecified atom stereocenters. The first kappa shape index (κ1) is 11.2. The second-order valence-corrected chi connectivity index (χ2v) is 3.44. The maximum atomic E-state index is 12.2. The topological polar surface area (TPSA) is 50.2 Å². The van der Waals surface area contributed by atoms with Gasteiger partial charge in [-0.25, -0.2) is 9.78 Å². The fourth-order valence-corrected chi connectivity index (χ4v) is 1.25. The first-order valence-electron chi connectivity index (χ1n) is 3.29. The van der Waals surface area contributed by atoms with Crippen LogP contribution in [0.25, 0.3) is 0 Å². The van der Waals surface area contributed by atoms with Gasteiger partial charge in [-0.2, -0.15) is 13.2 Å². The van der Waals surface area contributed by atoms with E-state index in [1.54, 1.807) is 22.6 Å². The zero-order valence-electron chi connectivity index (χ0n) is 6.47. The average Bonchev–Trinajstić information content (AvgIpc) is 2.01. The molecule has 0 radical (unpaired) electrons. The Hall–Kier alpha value is -0.860. The van der Waals surface area contributed by atoms with Gasteiger partial charge in [0.2, 0.25) is 0 Å². The van der Waals surface area contributed by atoms with Gasteiger partial charge in [-0.3, -0.25) is 0 Å². The summed E-state index contributed by atoms with van der Waals surface area (Å²) in [6.45, 7) is 0. The average molecular weight is 317 g/mol. The molecule has 7 heteroatoms. The molecule has 0 fully saturated rings. The smallest absolute Gasteiger partial charge is 0.418 e. The van der Waals surface area contributed by atoms with Crippen LogP contribution in [0.1, 0.15) is 16.1 Å². The predicted octanol–water partition coefficient (Wildman–Crippen LogP) is 2.40. The van der Waals surface area contributed by atoms with Gasteiger partial charge in [-0.15, -0.1) is 0 Å². The maximum absolute atomic E-state index is 12.2. The number of hydrogen-bond donors (Lipinski definition) is 1. The Morgan fingerprint density at radius 2 is 2.00 bits per heavy atom. The summed E-state index contributed by atoms with van der Waals surface area (Å²) in [5, 5.41) is 8.49. The number of rotatable bonds is 1. The Bertz CT molecular complexity index is 378. The third-order valence-electron chi connectivity index (χ3n) is 1.37. The highest BCUT2D eigenvalue weighted by Gasteiger charge is 2.36. The van der Waals surface area contributed by atoms with Gasteiger partial charge in [-0.1, -0.05) is 0 Å². The molecule has 1 aromatic rings. The molecule has 3 nitrogen and oxygen atoms in total. The van der Waals surface area contributed by atoms with Gasteiger partial charge in [0.15, 0.2) is 5.69 Å². The highest BCUT2D eigenvalue weighted by molar-refractivity contribution is 14.1. The summed E-state index contributed by atoms with van der Waals surface area (Å²) in [6.07, 6.45) is -4.69. The molecule has 0 saturated heterocycles. The van der Waals surface area contributed by atoms with Crippen molar-refractivity contribution >= 4 is 28.6 Å². The molecule has 0 saturated carbocycles. The molecule has 0 bridgehead atoms. The van der Waals surface area contributed by atoms with Crippen molar-refractivity contribution in [2.75, 3.05) is 0 Å². The van der Waals surface area contributed by atoms with Crippen LogP contribution in [0, 0.1) is 3.70 Å². The highest BCUT2D eigenvalue weighted by Crippen LogP contribution is 2.31. The number of carboxylic acids is 1. The summed E-state index contributed by atoms with van der Waals surface area (Å²) >= 11 is 1.64. The minimum atomic E-state index is -4.69. The molecule has 14 heavy (non-hydrogen) atoms. The molecule has 0 aliphatic carbocycles. The SMILES string of the molecule is O=C(O)c1nc(I)ccc1C(F)(F)F. The summed E-state index contributed by atoms with van der Waals surface area (Å²) in [5.74, 6) is -1.68. The van der Waals surface area contributed by atoms with Crippen molar-refractivity contribution in [3.63, 3.8) is 0 Å². The minimum Gasteiger partial charge on any atom is -0.476 e.